The van der Waals surface area contributed by atoms with Crippen molar-refractivity contribution in [1.82, 2.24) is 25.1 Å². The van der Waals surface area contributed by atoms with Crippen LogP contribution in [0.4, 0.5) is 10.1 Å². The molecule has 0 saturated carbocycles. The summed E-state index contributed by atoms with van der Waals surface area (Å²) in [6.07, 6.45) is 5.56. The van der Waals surface area contributed by atoms with Crippen LogP contribution in [-0.4, -0.2) is 38.2 Å². The fraction of sp³-hybridized carbons (Fsp3) is 0.161. The normalized spacial score (nSPS) is 11.4. The topological polar surface area (TPSA) is 109 Å². The fourth-order valence-corrected chi connectivity index (χ4v) is 4.89. The zero-order chi connectivity index (χ0) is 27.8. The number of anilines is 1. The summed E-state index contributed by atoms with van der Waals surface area (Å²) in [5.41, 5.74) is 6.92. The van der Waals surface area contributed by atoms with Gasteiger partial charge in [0.25, 0.3) is 0 Å². The summed E-state index contributed by atoms with van der Waals surface area (Å²) >= 11 is 0. The molecule has 40 heavy (non-hydrogen) atoms. The molecular formula is C31H27FN6O2. The molecule has 0 fully saturated rings. The van der Waals surface area contributed by atoms with Crippen LogP contribution >= 0.6 is 0 Å². The van der Waals surface area contributed by atoms with Gasteiger partial charge >= 0.3 is 0 Å². The van der Waals surface area contributed by atoms with Crippen LogP contribution in [0.2, 0.25) is 0 Å². The minimum atomic E-state index is -0.364. The third-order valence-electron chi connectivity index (χ3n) is 6.70. The number of aromatic nitrogens is 5. The number of amides is 1. The number of nitrogens with zero attached hydrogens (tertiary/aromatic N) is 3. The molecule has 1 amide bonds. The second-order valence-electron chi connectivity index (χ2n) is 10.1. The van der Waals surface area contributed by atoms with Crippen molar-refractivity contribution in [3.63, 3.8) is 0 Å². The molecule has 0 atom stereocenters. The van der Waals surface area contributed by atoms with Crippen LogP contribution in [0.5, 0.6) is 5.75 Å². The average Bonchev–Trinajstić information content (AvgIpc) is 3.56. The van der Waals surface area contributed by atoms with E-state index in [9.17, 15) is 9.18 Å². The van der Waals surface area contributed by atoms with E-state index < -0.39 is 0 Å². The maximum atomic E-state index is 14.3. The van der Waals surface area contributed by atoms with Gasteiger partial charge in [0.1, 0.15) is 17.3 Å². The first-order chi connectivity index (χ1) is 19.4. The number of nitrogens with one attached hydrogen (secondary N) is 3. The number of methoxy groups -OCH3 is 1. The van der Waals surface area contributed by atoms with Crippen LogP contribution in [0.1, 0.15) is 20.3 Å². The Bertz CT molecular complexity index is 1870. The molecule has 0 unspecified atom stereocenters. The number of pyridine rings is 2. The number of ether oxygens (including phenoxy) is 1. The molecule has 0 saturated heterocycles. The maximum absolute atomic E-state index is 14.3. The molecule has 4 aromatic heterocycles. The Morgan fingerprint density at radius 3 is 2.67 bits per heavy atom. The third-order valence-corrected chi connectivity index (χ3v) is 6.70. The fourth-order valence-electron chi connectivity index (χ4n) is 4.89. The maximum Gasteiger partial charge on any atom is 0.224 e. The molecule has 0 radical (unpaired) electrons. The molecule has 0 aliphatic carbocycles. The molecule has 0 aliphatic rings. The highest BCUT2D eigenvalue weighted by Crippen LogP contribution is 2.36. The second kappa shape index (κ2) is 10.3. The lowest BCUT2D eigenvalue weighted by molar-refractivity contribution is -0.116. The van der Waals surface area contributed by atoms with Crippen molar-refractivity contribution in [3.8, 4) is 39.4 Å². The number of benzene rings is 2. The predicted molar refractivity (Wildman–Crippen MR) is 154 cm³/mol. The van der Waals surface area contributed by atoms with E-state index >= 15 is 0 Å². The second-order valence-corrected chi connectivity index (χ2v) is 10.1. The number of carbonyl (C=O) groups is 1. The summed E-state index contributed by atoms with van der Waals surface area (Å²) in [5.74, 6) is 0.309. The summed E-state index contributed by atoms with van der Waals surface area (Å²) in [6, 6.07) is 16.4. The number of H-pyrrole nitrogens is 2. The molecule has 4 heterocycles. The van der Waals surface area contributed by atoms with E-state index in [2.05, 4.69) is 30.5 Å². The van der Waals surface area contributed by atoms with Crippen LogP contribution in [0.25, 0.3) is 55.6 Å². The molecule has 0 bridgehead atoms. The monoisotopic (exact) mass is 534 g/mol. The lowest BCUT2D eigenvalue weighted by atomic mass is 10.0. The Hall–Kier alpha value is -5.05. The van der Waals surface area contributed by atoms with Crippen molar-refractivity contribution in [1.29, 1.82) is 0 Å². The Morgan fingerprint density at radius 2 is 1.85 bits per heavy atom. The average molecular weight is 535 g/mol. The third kappa shape index (κ3) is 4.89. The van der Waals surface area contributed by atoms with Gasteiger partial charge in [-0.2, -0.15) is 5.10 Å². The Morgan fingerprint density at radius 1 is 1.00 bits per heavy atom. The minimum Gasteiger partial charge on any atom is -0.497 e. The molecule has 6 aromatic rings. The molecular weight excluding hydrogens is 507 g/mol. The van der Waals surface area contributed by atoms with Crippen molar-refractivity contribution < 1.29 is 13.9 Å². The van der Waals surface area contributed by atoms with Crippen LogP contribution in [0.3, 0.4) is 0 Å². The van der Waals surface area contributed by atoms with Crippen molar-refractivity contribution in [2.24, 2.45) is 5.92 Å². The summed E-state index contributed by atoms with van der Waals surface area (Å²) < 4.78 is 19.6. The van der Waals surface area contributed by atoms with Crippen LogP contribution in [0.15, 0.2) is 73.2 Å². The molecule has 2 aromatic carbocycles. The molecule has 8 nitrogen and oxygen atoms in total. The smallest absolute Gasteiger partial charge is 0.224 e. The van der Waals surface area contributed by atoms with Gasteiger partial charge in [-0.15, -0.1) is 0 Å². The summed E-state index contributed by atoms with van der Waals surface area (Å²) in [7, 11) is 1.52. The number of aromatic amines is 2. The Kier molecular flexibility index (Phi) is 6.47. The molecule has 200 valence electrons. The largest absolute Gasteiger partial charge is 0.497 e. The lowest BCUT2D eigenvalue weighted by Gasteiger charge is -2.08. The van der Waals surface area contributed by atoms with Crippen molar-refractivity contribution in [2.75, 3.05) is 12.4 Å². The molecule has 6 rings (SSSR count). The standard InChI is InChI=1S/C31H27FN6O2/c1-17(2)7-29(39)35-22-9-19(14-33-16-22)20-11-26-30(37-38-31(26)34-15-20)28-13-25-24(5-4-6-27(25)36-28)18-8-21(32)12-23(10-18)40-3/h4-6,8-17,36H,7H2,1-3H3,(H,35,39)(H,34,37,38). The van der Waals surface area contributed by atoms with Crippen molar-refractivity contribution in [2.45, 2.75) is 20.3 Å². The first-order valence-electron chi connectivity index (χ1n) is 12.9. The SMILES string of the molecule is COc1cc(F)cc(-c2cccc3[nH]c(-c4n[nH]c5ncc(-c6cncc(NC(=O)CC(C)C)c6)cc45)cc23)c1. The molecule has 9 heteroatoms. The zero-order valence-corrected chi connectivity index (χ0v) is 22.2. The lowest BCUT2D eigenvalue weighted by Crippen LogP contribution is -2.13. The van der Waals surface area contributed by atoms with Gasteiger partial charge in [0, 0.05) is 52.3 Å². The highest BCUT2D eigenvalue weighted by atomic mass is 19.1. The number of hydrogen-bond donors (Lipinski definition) is 3. The van der Waals surface area contributed by atoms with Gasteiger partial charge in [-0.05, 0) is 53.4 Å². The summed E-state index contributed by atoms with van der Waals surface area (Å²) in [5, 5.41) is 12.2. The molecule has 3 N–H and O–H groups in total. The summed E-state index contributed by atoms with van der Waals surface area (Å²) in [6.45, 7) is 4.01. The predicted octanol–water partition coefficient (Wildman–Crippen LogP) is 6.97. The quantitative estimate of drug-likeness (QED) is 0.205. The van der Waals surface area contributed by atoms with Gasteiger partial charge in [-0.1, -0.05) is 26.0 Å². The Labute approximate surface area is 229 Å². The number of fused-ring (bicyclic) bond motifs is 2. The van der Waals surface area contributed by atoms with E-state index in [1.54, 1.807) is 18.6 Å². The first kappa shape index (κ1) is 25.2. The van der Waals surface area contributed by atoms with Gasteiger partial charge in [0.2, 0.25) is 5.91 Å². The minimum absolute atomic E-state index is 0.0467. The van der Waals surface area contributed by atoms with Gasteiger partial charge < -0.3 is 15.0 Å². The van der Waals surface area contributed by atoms with E-state index in [-0.39, 0.29) is 17.6 Å². The van der Waals surface area contributed by atoms with E-state index in [4.69, 9.17) is 4.74 Å². The van der Waals surface area contributed by atoms with Crippen LogP contribution < -0.4 is 10.1 Å². The van der Waals surface area contributed by atoms with Crippen molar-refractivity contribution in [3.05, 3.63) is 79.0 Å². The number of hydrogen-bond acceptors (Lipinski definition) is 5. The molecule has 0 aliphatic heterocycles. The van der Waals surface area contributed by atoms with Crippen molar-refractivity contribution >= 4 is 33.5 Å². The van der Waals surface area contributed by atoms with E-state index in [0.717, 1.165) is 44.2 Å². The van der Waals surface area contributed by atoms with Crippen LogP contribution in [-0.2, 0) is 4.79 Å². The number of rotatable bonds is 7. The Balaban J connectivity index is 1.38. The van der Waals surface area contributed by atoms with E-state index in [0.29, 0.717) is 29.2 Å². The van der Waals surface area contributed by atoms with Crippen LogP contribution in [0, 0.1) is 11.7 Å². The van der Waals surface area contributed by atoms with E-state index in [1.165, 1.54) is 19.2 Å². The number of carbonyl (C=O) groups excluding carboxylic acids is 1. The van der Waals surface area contributed by atoms with E-state index in [1.807, 2.05) is 56.3 Å². The number of halogens is 1. The highest BCUT2D eigenvalue weighted by molar-refractivity contribution is 6.01. The van der Waals surface area contributed by atoms with Gasteiger partial charge in [-0.3, -0.25) is 14.9 Å². The first-order valence-corrected chi connectivity index (χ1v) is 12.9. The summed E-state index contributed by atoms with van der Waals surface area (Å²) in [4.78, 5) is 24.6. The van der Waals surface area contributed by atoms with Gasteiger partial charge in [-0.25, -0.2) is 9.37 Å². The van der Waals surface area contributed by atoms with Gasteiger partial charge in [0.15, 0.2) is 5.65 Å². The molecule has 0 spiro atoms. The highest BCUT2D eigenvalue weighted by Gasteiger charge is 2.16. The van der Waals surface area contributed by atoms with Gasteiger partial charge in [0.05, 0.1) is 24.7 Å². The zero-order valence-electron chi connectivity index (χ0n) is 22.2.